The number of benzene rings is 1. The Hall–Kier alpha value is -3.35. The predicted molar refractivity (Wildman–Crippen MR) is 99.1 cm³/mol. The summed E-state index contributed by atoms with van der Waals surface area (Å²) in [5.41, 5.74) is 2.69. The Labute approximate surface area is 156 Å². The average molecular weight is 364 g/mol. The lowest BCUT2D eigenvalue weighted by Crippen LogP contribution is -2.46. The number of furan rings is 1. The van der Waals surface area contributed by atoms with Crippen LogP contribution in [0.4, 0.5) is 0 Å². The fraction of sp³-hybridized carbons (Fsp3) is 0.250. The minimum absolute atomic E-state index is 0.0328. The van der Waals surface area contributed by atoms with E-state index < -0.39 is 0 Å². The molecule has 2 aromatic heterocycles. The van der Waals surface area contributed by atoms with Crippen LogP contribution in [0.5, 0.6) is 0 Å². The van der Waals surface area contributed by atoms with E-state index in [-0.39, 0.29) is 17.9 Å². The zero-order valence-corrected chi connectivity index (χ0v) is 14.7. The molecule has 0 bridgehead atoms. The van der Waals surface area contributed by atoms with Gasteiger partial charge in [0, 0.05) is 24.7 Å². The third kappa shape index (κ3) is 3.76. The van der Waals surface area contributed by atoms with E-state index in [0.29, 0.717) is 24.3 Å². The number of carbonyl (C=O) groups excluding carboxylic acids is 2. The van der Waals surface area contributed by atoms with Gasteiger partial charge in [0.2, 0.25) is 0 Å². The van der Waals surface area contributed by atoms with E-state index in [1.54, 1.807) is 17.0 Å². The number of hydrogen-bond donors (Lipinski definition) is 2. The van der Waals surface area contributed by atoms with Crippen LogP contribution in [0.1, 0.15) is 33.7 Å². The van der Waals surface area contributed by atoms with E-state index in [9.17, 15) is 9.59 Å². The second-order valence-electron chi connectivity index (χ2n) is 6.58. The number of rotatable bonds is 4. The Morgan fingerprint density at radius 2 is 1.93 bits per heavy atom. The quantitative estimate of drug-likeness (QED) is 0.745. The molecule has 1 aliphatic rings. The van der Waals surface area contributed by atoms with Gasteiger partial charge < -0.3 is 14.6 Å². The van der Waals surface area contributed by atoms with E-state index in [4.69, 9.17) is 4.42 Å². The molecule has 0 aliphatic carbocycles. The SMILES string of the molecule is O=C(NC1CCN(C(=O)c2ccoc2)CC1)c1cc(-c2ccccc2)n[nH]1. The van der Waals surface area contributed by atoms with Gasteiger partial charge in [-0.2, -0.15) is 5.10 Å². The Balaban J connectivity index is 1.32. The molecule has 1 aliphatic heterocycles. The highest BCUT2D eigenvalue weighted by atomic mass is 16.3. The fourth-order valence-corrected chi connectivity index (χ4v) is 3.25. The van der Waals surface area contributed by atoms with E-state index in [1.165, 1.54) is 12.5 Å². The van der Waals surface area contributed by atoms with Crippen molar-refractivity contribution in [3.05, 3.63) is 66.2 Å². The van der Waals surface area contributed by atoms with Gasteiger partial charge in [-0.1, -0.05) is 30.3 Å². The van der Waals surface area contributed by atoms with Gasteiger partial charge in [0.1, 0.15) is 12.0 Å². The van der Waals surface area contributed by atoms with Gasteiger partial charge in [-0.15, -0.1) is 0 Å². The lowest BCUT2D eigenvalue weighted by atomic mass is 10.0. The molecule has 2 N–H and O–H groups in total. The summed E-state index contributed by atoms with van der Waals surface area (Å²) in [6, 6.07) is 13.2. The lowest BCUT2D eigenvalue weighted by molar-refractivity contribution is 0.0697. The lowest BCUT2D eigenvalue weighted by Gasteiger charge is -2.32. The highest BCUT2D eigenvalue weighted by molar-refractivity contribution is 5.94. The van der Waals surface area contributed by atoms with Gasteiger partial charge in [-0.05, 0) is 25.0 Å². The molecule has 0 unspecified atom stereocenters. The van der Waals surface area contributed by atoms with Crippen LogP contribution >= 0.6 is 0 Å². The highest BCUT2D eigenvalue weighted by Crippen LogP contribution is 2.18. The largest absolute Gasteiger partial charge is 0.472 e. The summed E-state index contributed by atoms with van der Waals surface area (Å²) in [7, 11) is 0. The van der Waals surface area contributed by atoms with Crippen LogP contribution in [0.25, 0.3) is 11.3 Å². The van der Waals surface area contributed by atoms with E-state index >= 15 is 0 Å². The van der Waals surface area contributed by atoms with Crippen molar-refractivity contribution < 1.29 is 14.0 Å². The maximum absolute atomic E-state index is 12.5. The van der Waals surface area contributed by atoms with Gasteiger partial charge >= 0.3 is 0 Å². The van der Waals surface area contributed by atoms with Gasteiger partial charge in [0.25, 0.3) is 11.8 Å². The number of H-pyrrole nitrogens is 1. The molecule has 0 spiro atoms. The number of carbonyl (C=O) groups is 2. The third-order valence-corrected chi connectivity index (χ3v) is 4.78. The molecule has 4 rings (SSSR count). The summed E-state index contributed by atoms with van der Waals surface area (Å²) in [5.74, 6) is -0.209. The van der Waals surface area contributed by atoms with E-state index in [0.717, 1.165) is 24.1 Å². The second-order valence-corrected chi connectivity index (χ2v) is 6.58. The Kier molecular flexibility index (Phi) is 4.74. The number of piperidine rings is 1. The topological polar surface area (TPSA) is 91.2 Å². The summed E-state index contributed by atoms with van der Waals surface area (Å²) in [6.45, 7) is 1.21. The summed E-state index contributed by atoms with van der Waals surface area (Å²) < 4.78 is 4.97. The maximum atomic E-state index is 12.5. The first kappa shape index (κ1) is 17.1. The molecular formula is C20H20N4O3. The smallest absolute Gasteiger partial charge is 0.269 e. The van der Waals surface area contributed by atoms with Crippen LogP contribution in [0, 0.1) is 0 Å². The number of nitrogens with zero attached hydrogens (tertiary/aromatic N) is 2. The Morgan fingerprint density at radius 3 is 2.63 bits per heavy atom. The van der Waals surface area contributed by atoms with Crippen molar-refractivity contribution >= 4 is 11.8 Å². The summed E-state index contributed by atoms with van der Waals surface area (Å²) >= 11 is 0. The van der Waals surface area contributed by atoms with Gasteiger partial charge in [0.05, 0.1) is 17.5 Å². The zero-order valence-electron chi connectivity index (χ0n) is 14.7. The maximum Gasteiger partial charge on any atom is 0.269 e. The summed E-state index contributed by atoms with van der Waals surface area (Å²) in [4.78, 5) is 26.6. The molecule has 1 aromatic carbocycles. The number of aromatic nitrogens is 2. The molecular weight excluding hydrogens is 344 g/mol. The Bertz CT molecular complexity index is 910. The van der Waals surface area contributed by atoms with Crippen molar-refractivity contribution in [3.63, 3.8) is 0 Å². The normalized spacial score (nSPS) is 14.9. The number of aromatic amines is 1. The van der Waals surface area contributed by atoms with Crippen molar-refractivity contribution in [1.29, 1.82) is 0 Å². The third-order valence-electron chi connectivity index (χ3n) is 4.78. The molecule has 2 amide bonds. The van der Waals surface area contributed by atoms with Gasteiger partial charge in [-0.3, -0.25) is 14.7 Å². The monoisotopic (exact) mass is 364 g/mol. The Morgan fingerprint density at radius 1 is 1.15 bits per heavy atom. The summed E-state index contributed by atoms with van der Waals surface area (Å²) in [6.07, 6.45) is 4.39. The molecule has 7 heteroatoms. The molecule has 3 aromatic rings. The predicted octanol–water partition coefficient (Wildman–Crippen LogP) is 2.70. The highest BCUT2D eigenvalue weighted by Gasteiger charge is 2.25. The molecule has 0 atom stereocenters. The standard InChI is InChI=1S/C20H20N4O3/c25-19(18-12-17(22-23-18)14-4-2-1-3-5-14)21-16-6-9-24(10-7-16)20(26)15-8-11-27-13-15/h1-5,8,11-13,16H,6-7,9-10H2,(H,21,25)(H,22,23). The van der Waals surface area contributed by atoms with Crippen molar-refractivity contribution in [3.8, 4) is 11.3 Å². The number of amides is 2. The first-order chi connectivity index (χ1) is 13.2. The second kappa shape index (κ2) is 7.49. The number of nitrogens with one attached hydrogen (secondary N) is 2. The number of hydrogen-bond acceptors (Lipinski definition) is 4. The molecule has 138 valence electrons. The molecule has 1 saturated heterocycles. The summed E-state index contributed by atoms with van der Waals surface area (Å²) in [5, 5.41) is 10.0. The van der Waals surface area contributed by atoms with Crippen LogP contribution in [0.2, 0.25) is 0 Å². The van der Waals surface area contributed by atoms with Crippen LogP contribution in [0.3, 0.4) is 0 Å². The first-order valence-corrected chi connectivity index (χ1v) is 8.94. The number of likely N-dealkylation sites (tertiary alicyclic amines) is 1. The van der Waals surface area contributed by atoms with Crippen LogP contribution in [0.15, 0.2) is 59.4 Å². The van der Waals surface area contributed by atoms with Crippen molar-refractivity contribution in [1.82, 2.24) is 20.4 Å². The van der Waals surface area contributed by atoms with Crippen LogP contribution in [-0.4, -0.2) is 46.0 Å². The average Bonchev–Trinajstić information content (AvgIpc) is 3.41. The minimum atomic E-state index is -0.177. The first-order valence-electron chi connectivity index (χ1n) is 8.94. The minimum Gasteiger partial charge on any atom is -0.472 e. The van der Waals surface area contributed by atoms with Crippen LogP contribution < -0.4 is 5.32 Å². The molecule has 0 saturated carbocycles. The van der Waals surface area contributed by atoms with Crippen LogP contribution in [-0.2, 0) is 0 Å². The van der Waals surface area contributed by atoms with E-state index in [2.05, 4.69) is 15.5 Å². The zero-order chi connectivity index (χ0) is 18.6. The van der Waals surface area contributed by atoms with Gasteiger partial charge in [0.15, 0.2) is 0 Å². The molecule has 27 heavy (non-hydrogen) atoms. The van der Waals surface area contributed by atoms with Crippen molar-refractivity contribution in [2.75, 3.05) is 13.1 Å². The molecule has 3 heterocycles. The van der Waals surface area contributed by atoms with Crippen molar-refractivity contribution in [2.45, 2.75) is 18.9 Å². The molecule has 0 radical (unpaired) electrons. The van der Waals surface area contributed by atoms with Gasteiger partial charge in [-0.25, -0.2) is 0 Å². The van der Waals surface area contributed by atoms with Crippen molar-refractivity contribution in [2.24, 2.45) is 0 Å². The fourth-order valence-electron chi connectivity index (χ4n) is 3.25. The molecule has 7 nitrogen and oxygen atoms in total. The molecule has 1 fully saturated rings. The van der Waals surface area contributed by atoms with E-state index in [1.807, 2.05) is 30.3 Å².